The predicted molar refractivity (Wildman–Crippen MR) is 113 cm³/mol. The molecule has 0 aliphatic heterocycles. The minimum atomic E-state index is 0. The quantitative estimate of drug-likeness (QED) is 0.388. The summed E-state index contributed by atoms with van der Waals surface area (Å²) in [7, 11) is 0. The van der Waals surface area contributed by atoms with Crippen LogP contribution < -0.4 is 0 Å². The smallest absolute Gasteiger partial charge is 0.325 e. The van der Waals surface area contributed by atoms with Crippen molar-refractivity contribution in [2.45, 2.75) is 86.5 Å². The Morgan fingerprint density at radius 2 is 1.27 bits per heavy atom. The van der Waals surface area contributed by atoms with Gasteiger partial charge in [0.2, 0.25) is 0 Å². The van der Waals surface area contributed by atoms with Crippen molar-refractivity contribution in [2.24, 2.45) is 35.5 Å². The maximum absolute atomic E-state index is 2.99. The van der Waals surface area contributed by atoms with Gasteiger partial charge in [-0.15, -0.1) is 6.42 Å². The maximum atomic E-state index is 2.99. The van der Waals surface area contributed by atoms with Gasteiger partial charge in [0.1, 0.15) is 0 Å². The number of hydrogen-bond acceptors (Lipinski definition) is 0. The Hall–Kier alpha value is 0.363. The Morgan fingerprint density at radius 3 is 1.46 bits per heavy atom. The second-order valence-corrected chi connectivity index (χ2v) is 9.13. The van der Waals surface area contributed by atoms with Gasteiger partial charge in [0, 0.05) is 0 Å². The summed E-state index contributed by atoms with van der Waals surface area (Å²) in [5, 5.41) is 0. The average molecular weight is 435 g/mol. The summed E-state index contributed by atoms with van der Waals surface area (Å²) in [5.74, 6) is 5.47. The fourth-order valence-corrected chi connectivity index (χ4v) is 3.79. The van der Waals surface area contributed by atoms with Crippen molar-refractivity contribution < 1.29 is 26.2 Å². The minimum Gasteiger partial charge on any atom is -0.325 e. The Kier molecular flexibility index (Phi) is 15.5. The second kappa shape index (κ2) is 15.3. The molecule has 0 aromatic rings. The summed E-state index contributed by atoms with van der Waals surface area (Å²) in [6.45, 7) is 14.0. The molecule has 2 saturated carbocycles. The van der Waals surface area contributed by atoms with Gasteiger partial charge in [-0.05, 0) is 0 Å². The first-order chi connectivity index (χ1) is 11.9. The van der Waals surface area contributed by atoms with Crippen molar-refractivity contribution in [3.8, 4) is 0 Å². The summed E-state index contributed by atoms with van der Waals surface area (Å²) in [4.78, 5) is 0. The zero-order valence-corrected chi connectivity index (χ0v) is 20.8. The zero-order chi connectivity index (χ0) is 18.7. The number of hydrogen-bond donors (Lipinski definition) is 0. The van der Waals surface area contributed by atoms with E-state index in [2.05, 4.69) is 66.5 Å². The van der Waals surface area contributed by atoms with Gasteiger partial charge >= 0.3 is 26.2 Å². The normalized spacial score (nSPS) is 30.2. The molecule has 0 aromatic carbocycles. The van der Waals surface area contributed by atoms with E-state index in [1.807, 2.05) is 12.2 Å². The van der Waals surface area contributed by atoms with Crippen molar-refractivity contribution in [3.63, 3.8) is 0 Å². The molecule has 0 aromatic heterocycles. The van der Waals surface area contributed by atoms with Crippen molar-refractivity contribution >= 4 is 0 Å². The van der Waals surface area contributed by atoms with E-state index >= 15 is 0 Å². The van der Waals surface area contributed by atoms with Crippen LogP contribution in [0.3, 0.4) is 0 Å². The summed E-state index contributed by atoms with van der Waals surface area (Å²) in [5.41, 5.74) is 0. The molecular weight excluding hydrogens is 391 g/mol. The molecule has 2 fully saturated rings. The van der Waals surface area contributed by atoms with Crippen LogP contribution in [-0.2, 0) is 26.2 Å². The first kappa shape index (κ1) is 26.4. The summed E-state index contributed by atoms with van der Waals surface area (Å²) < 4.78 is 0. The molecule has 1 radical (unpaired) electrons. The summed E-state index contributed by atoms with van der Waals surface area (Å²) >= 11 is 0. The third-order valence-corrected chi connectivity index (χ3v) is 5.97. The molecular formula is C25H43Zr. The molecule has 147 valence electrons. The molecule has 0 N–H and O–H groups in total. The average Bonchev–Trinajstić information content (AvgIpc) is 3.16. The van der Waals surface area contributed by atoms with E-state index in [0.717, 1.165) is 41.9 Å². The molecule has 3 aliphatic rings. The largest absolute Gasteiger partial charge is 3.00 e. The summed E-state index contributed by atoms with van der Waals surface area (Å²) in [6.07, 6.45) is 23.5. The topological polar surface area (TPSA) is 0 Å². The van der Waals surface area contributed by atoms with Gasteiger partial charge in [0.25, 0.3) is 0 Å². The number of rotatable bonds is 2. The Bertz CT molecular complexity index is 328. The molecule has 0 spiro atoms. The Morgan fingerprint density at radius 1 is 0.808 bits per heavy atom. The van der Waals surface area contributed by atoms with E-state index in [0.29, 0.717) is 0 Å². The predicted octanol–water partition coefficient (Wildman–Crippen LogP) is 7.87. The van der Waals surface area contributed by atoms with Gasteiger partial charge in [0.15, 0.2) is 0 Å². The van der Waals surface area contributed by atoms with Crippen LogP contribution in [0, 0.1) is 54.4 Å². The molecule has 0 bridgehead atoms. The van der Waals surface area contributed by atoms with Crippen molar-refractivity contribution in [2.75, 3.05) is 0 Å². The first-order valence-corrected chi connectivity index (χ1v) is 10.8. The third-order valence-electron chi connectivity index (χ3n) is 5.97. The fourth-order valence-electron chi connectivity index (χ4n) is 3.79. The SMILES string of the molecule is CC1C[CH-]C(C(C)C)CC1.CC1C[CH-]C(C(C)C)CC1.[C-]1=CC=CC1.[Zr+3]. The fraction of sp³-hybridized carbons (Fsp3) is 0.760. The van der Waals surface area contributed by atoms with E-state index in [-0.39, 0.29) is 26.2 Å². The Labute approximate surface area is 184 Å². The monoisotopic (exact) mass is 433 g/mol. The van der Waals surface area contributed by atoms with E-state index < -0.39 is 0 Å². The standard InChI is InChI=1S/2C10H19.C5H5.Zr/c2*1-8(2)10-6-4-9(3)5-7-10;1-2-4-5-3-1;/h2*6,8-10H,4-5,7H2,1-3H3;1-3H,4H2;/q3*-1;+3. The zero-order valence-electron chi connectivity index (χ0n) is 18.3. The van der Waals surface area contributed by atoms with E-state index in [1.165, 1.54) is 38.5 Å². The van der Waals surface area contributed by atoms with Crippen LogP contribution in [0.25, 0.3) is 0 Å². The van der Waals surface area contributed by atoms with Crippen molar-refractivity contribution in [1.82, 2.24) is 0 Å². The van der Waals surface area contributed by atoms with Gasteiger partial charge in [-0.1, -0.05) is 90.9 Å². The molecule has 26 heavy (non-hydrogen) atoms. The van der Waals surface area contributed by atoms with Crippen LogP contribution in [0.2, 0.25) is 0 Å². The van der Waals surface area contributed by atoms with E-state index in [1.54, 1.807) is 0 Å². The van der Waals surface area contributed by atoms with Gasteiger partial charge in [-0.2, -0.15) is 30.8 Å². The van der Waals surface area contributed by atoms with Gasteiger partial charge in [-0.3, -0.25) is 6.08 Å². The van der Waals surface area contributed by atoms with Gasteiger partial charge in [-0.25, -0.2) is 12.2 Å². The molecule has 1 heteroatoms. The first-order valence-electron chi connectivity index (χ1n) is 10.8. The van der Waals surface area contributed by atoms with Crippen molar-refractivity contribution in [1.29, 1.82) is 0 Å². The minimum absolute atomic E-state index is 0. The van der Waals surface area contributed by atoms with Crippen LogP contribution in [0.5, 0.6) is 0 Å². The van der Waals surface area contributed by atoms with Crippen LogP contribution in [0.15, 0.2) is 18.2 Å². The molecule has 0 heterocycles. The third kappa shape index (κ3) is 11.9. The maximum Gasteiger partial charge on any atom is 3.00 e. The molecule has 3 aliphatic carbocycles. The molecule has 3 rings (SSSR count). The van der Waals surface area contributed by atoms with Gasteiger partial charge < -0.3 is 12.8 Å². The van der Waals surface area contributed by atoms with E-state index in [9.17, 15) is 0 Å². The Balaban J connectivity index is 0.000000372. The van der Waals surface area contributed by atoms with Crippen molar-refractivity contribution in [3.05, 3.63) is 37.1 Å². The van der Waals surface area contributed by atoms with Crippen LogP contribution in [0.1, 0.15) is 86.5 Å². The van der Waals surface area contributed by atoms with Gasteiger partial charge in [0.05, 0.1) is 0 Å². The second-order valence-electron chi connectivity index (χ2n) is 9.13. The molecule has 0 nitrogen and oxygen atoms in total. The van der Waals surface area contributed by atoms with Crippen LogP contribution in [0.4, 0.5) is 0 Å². The molecule has 4 unspecified atom stereocenters. The molecule has 0 amide bonds. The van der Waals surface area contributed by atoms with E-state index in [4.69, 9.17) is 0 Å². The number of allylic oxidation sites excluding steroid dienone is 4. The van der Waals surface area contributed by atoms with Crippen LogP contribution in [-0.4, -0.2) is 0 Å². The molecule has 4 atom stereocenters. The van der Waals surface area contributed by atoms with Crippen LogP contribution >= 0.6 is 0 Å². The molecule has 0 saturated heterocycles. The summed E-state index contributed by atoms with van der Waals surface area (Å²) in [6, 6.07) is 0.